The van der Waals surface area contributed by atoms with Crippen molar-refractivity contribution in [2.45, 2.75) is 24.9 Å². The fourth-order valence-electron chi connectivity index (χ4n) is 2.31. The SMILES string of the molecule is Cc1n[nH]c(C)c1S(=O)(=O)N(C)CC(=O)Nc1ccc(C(F)(F)F)cc1. The molecule has 0 saturated heterocycles. The van der Waals surface area contributed by atoms with Crippen molar-refractivity contribution >= 4 is 21.6 Å². The average molecular weight is 390 g/mol. The predicted molar refractivity (Wildman–Crippen MR) is 88.0 cm³/mol. The van der Waals surface area contributed by atoms with Gasteiger partial charge in [-0.05, 0) is 38.1 Å². The number of aromatic amines is 1. The molecule has 7 nitrogen and oxygen atoms in total. The van der Waals surface area contributed by atoms with Gasteiger partial charge in [0.15, 0.2) is 0 Å². The molecule has 1 heterocycles. The lowest BCUT2D eigenvalue weighted by Crippen LogP contribution is -2.35. The van der Waals surface area contributed by atoms with Crippen molar-refractivity contribution < 1.29 is 26.4 Å². The number of hydrogen-bond acceptors (Lipinski definition) is 4. The molecule has 0 aliphatic carbocycles. The van der Waals surface area contributed by atoms with Gasteiger partial charge in [-0.2, -0.15) is 22.6 Å². The molecule has 26 heavy (non-hydrogen) atoms. The van der Waals surface area contributed by atoms with E-state index in [1.807, 2.05) is 0 Å². The number of amides is 1. The number of aryl methyl sites for hydroxylation is 2. The molecule has 1 amide bonds. The van der Waals surface area contributed by atoms with Crippen LogP contribution in [0.15, 0.2) is 29.2 Å². The zero-order valence-electron chi connectivity index (χ0n) is 14.2. The summed E-state index contributed by atoms with van der Waals surface area (Å²) in [4.78, 5) is 12.0. The van der Waals surface area contributed by atoms with Crippen molar-refractivity contribution in [1.82, 2.24) is 14.5 Å². The predicted octanol–water partition coefficient (Wildman–Crippen LogP) is 2.30. The molecular weight excluding hydrogens is 373 g/mol. The summed E-state index contributed by atoms with van der Waals surface area (Å²) in [5.74, 6) is -0.686. The van der Waals surface area contributed by atoms with Crippen molar-refractivity contribution in [3.8, 4) is 0 Å². The number of rotatable bonds is 5. The van der Waals surface area contributed by atoms with Crippen molar-refractivity contribution in [1.29, 1.82) is 0 Å². The Morgan fingerprint density at radius 3 is 2.27 bits per heavy atom. The number of aromatic nitrogens is 2. The number of benzene rings is 1. The molecular formula is C15H17F3N4O3S. The molecule has 0 unspecified atom stereocenters. The van der Waals surface area contributed by atoms with E-state index in [1.54, 1.807) is 6.92 Å². The monoisotopic (exact) mass is 390 g/mol. The molecule has 2 aromatic rings. The topological polar surface area (TPSA) is 95.2 Å². The van der Waals surface area contributed by atoms with Crippen LogP contribution >= 0.6 is 0 Å². The number of hydrogen-bond donors (Lipinski definition) is 2. The molecule has 0 atom stereocenters. The van der Waals surface area contributed by atoms with E-state index in [2.05, 4.69) is 15.5 Å². The fourth-order valence-corrected chi connectivity index (χ4v) is 3.76. The van der Waals surface area contributed by atoms with Crippen LogP contribution < -0.4 is 5.32 Å². The van der Waals surface area contributed by atoms with Gasteiger partial charge in [0.1, 0.15) is 4.90 Å². The normalized spacial score (nSPS) is 12.4. The molecule has 0 aliphatic heterocycles. The van der Waals surface area contributed by atoms with Gasteiger partial charge in [0.2, 0.25) is 15.9 Å². The van der Waals surface area contributed by atoms with Gasteiger partial charge in [0.25, 0.3) is 0 Å². The molecule has 0 saturated carbocycles. The van der Waals surface area contributed by atoms with Gasteiger partial charge in [-0.15, -0.1) is 0 Å². The third-order valence-corrected chi connectivity index (χ3v) is 5.66. The number of alkyl halides is 3. The van der Waals surface area contributed by atoms with Crippen LogP contribution in [0, 0.1) is 13.8 Å². The summed E-state index contributed by atoms with van der Waals surface area (Å²) in [6.45, 7) is 2.56. The third kappa shape index (κ3) is 4.22. The standard InChI is InChI=1S/C15H17F3N4O3S/c1-9-14(10(2)21-20-9)26(24,25)22(3)8-13(23)19-12-6-4-11(5-7-12)15(16,17)18/h4-7H,8H2,1-3H3,(H,19,23)(H,20,21). The zero-order chi connectivity index (χ0) is 19.7. The Morgan fingerprint density at radius 1 is 1.23 bits per heavy atom. The van der Waals surface area contributed by atoms with Crippen LogP contribution in [0.4, 0.5) is 18.9 Å². The second-order valence-electron chi connectivity index (χ2n) is 5.65. The first-order valence-electron chi connectivity index (χ1n) is 7.38. The Balaban J connectivity index is 2.08. The lowest BCUT2D eigenvalue weighted by Gasteiger charge is -2.17. The Hall–Kier alpha value is -2.40. The Morgan fingerprint density at radius 2 is 1.81 bits per heavy atom. The highest BCUT2D eigenvalue weighted by Gasteiger charge is 2.30. The van der Waals surface area contributed by atoms with Crippen LogP contribution in [0.1, 0.15) is 17.0 Å². The number of carbonyl (C=O) groups is 1. The molecule has 142 valence electrons. The second kappa shape index (κ2) is 7.08. The van der Waals surface area contributed by atoms with Gasteiger partial charge in [-0.25, -0.2) is 8.42 Å². The highest BCUT2D eigenvalue weighted by molar-refractivity contribution is 7.89. The van der Waals surface area contributed by atoms with Crippen LogP contribution in [0.2, 0.25) is 0 Å². The maximum atomic E-state index is 12.5. The Bertz CT molecular complexity index is 886. The summed E-state index contributed by atoms with van der Waals surface area (Å²) >= 11 is 0. The van der Waals surface area contributed by atoms with Gasteiger partial charge >= 0.3 is 6.18 Å². The number of carbonyl (C=O) groups excluding carboxylic acids is 1. The smallest absolute Gasteiger partial charge is 0.325 e. The minimum absolute atomic E-state index is 0.0117. The number of H-pyrrole nitrogens is 1. The van der Waals surface area contributed by atoms with E-state index in [4.69, 9.17) is 0 Å². The Kier molecular flexibility index (Phi) is 5.42. The molecule has 0 spiro atoms. The molecule has 0 fully saturated rings. The lowest BCUT2D eigenvalue weighted by atomic mass is 10.2. The van der Waals surface area contributed by atoms with Crippen molar-refractivity contribution in [2.24, 2.45) is 0 Å². The number of sulfonamides is 1. The van der Waals surface area contributed by atoms with Crippen LogP contribution in [-0.2, 0) is 21.0 Å². The summed E-state index contributed by atoms with van der Waals surface area (Å²) < 4.78 is 63.5. The van der Waals surface area contributed by atoms with Gasteiger partial charge in [-0.3, -0.25) is 9.89 Å². The molecule has 2 N–H and O–H groups in total. The van der Waals surface area contributed by atoms with Crippen LogP contribution in [-0.4, -0.2) is 42.4 Å². The molecule has 11 heteroatoms. The zero-order valence-corrected chi connectivity index (χ0v) is 15.0. The number of halogens is 3. The molecule has 2 rings (SSSR count). The highest BCUT2D eigenvalue weighted by Crippen LogP contribution is 2.29. The largest absolute Gasteiger partial charge is 0.416 e. The van der Waals surface area contributed by atoms with Gasteiger partial charge < -0.3 is 5.32 Å². The van der Waals surface area contributed by atoms with Crippen LogP contribution in [0.5, 0.6) is 0 Å². The fraction of sp³-hybridized carbons (Fsp3) is 0.333. The van der Waals surface area contributed by atoms with E-state index < -0.39 is 34.2 Å². The third-order valence-electron chi connectivity index (χ3n) is 3.59. The van der Waals surface area contributed by atoms with Crippen molar-refractivity contribution in [3.63, 3.8) is 0 Å². The maximum absolute atomic E-state index is 12.5. The van der Waals surface area contributed by atoms with E-state index in [-0.39, 0.29) is 16.3 Å². The first kappa shape index (κ1) is 19.9. The maximum Gasteiger partial charge on any atom is 0.416 e. The van der Waals surface area contributed by atoms with E-state index >= 15 is 0 Å². The highest BCUT2D eigenvalue weighted by atomic mass is 32.2. The first-order valence-corrected chi connectivity index (χ1v) is 8.82. The average Bonchev–Trinajstić information content (AvgIpc) is 2.86. The first-order chi connectivity index (χ1) is 11.9. The molecule has 1 aromatic carbocycles. The van der Waals surface area contributed by atoms with Crippen molar-refractivity contribution in [3.05, 3.63) is 41.2 Å². The summed E-state index contributed by atoms with van der Waals surface area (Å²) in [5.41, 5.74) is -0.0967. The summed E-state index contributed by atoms with van der Waals surface area (Å²) in [5, 5.41) is 8.74. The quantitative estimate of drug-likeness (QED) is 0.819. The molecule has 1 aromatic heterocycles. The number of nitrogens with zero attached hydrogens (tertiary/aromatic N) is 2. The molecule has 0 bridgehead atoms. The summed E-state index contributed by atoms with van der Waals surface area (Å²) in [6.07, 6.45) is -4.48. The van der Waals surface area contributed by atoms with Crippen LogP contribution in [0.25, 0.3) is 0 Å². The van der Waals surface area contributed by atoms with Gasteiger partial charge in [0, 0.05) is 12.7 Å². The Labute approximate surface area is 148 Å². The lowest BCUT2D eigenvalue weighted by molar-refractivity contribution is -0.137. The summed E-state index contributed by atoms with van der Waals surface area (Å²) in [7, 11) is -2.71. The van der Waals surface area contributed by atoms with Crippen LogP contribution in [0.3, 0.4) is 0 Å². The van der Waals surface area contributed by atoms with Gasteiger partial charge in [0.05, 0.1) is 23.5 Å². The number of likely N-dealkylation sites (N-methyl/N-ethyl adjacent to an activating group) is 1. The minimum Gasteiger partial charge on any atom is -0.325 e. The second-order valence-corrected chi connectivity index (χ2v) is 7.63. The molecule has 0 aliphatic rings. The van der Waals surface area contributed by atoms with E-state index in [1.165, 1.54) is 14.0 Å². The van der Waals surface area contributed by atoms with E-state index in [9.17, 15) is 26.4 Å². The number of nitrogens with one attached hydrogen (secondary N) is 2. The van der Waals surface area contributed by atoms with E-state index in [0.29, 0.717) is 5.69 Å². The molecule has 0 radical (unpaired) electrons. The van der Waals surface area contributed by atoms with Crippen molar-refractivity contribution in [2.75, 3.05) is 18.9 Å². The minimum atomic E-state index is -4.48. The van der Waals surface area contributed by atoms with Gasteiger partial charge in [-0.1, -0.05) is 0 Å². The van der Waals surface area contributed by atoms with E-state index in [0.717, 1.165) is 28.6 Å². The number of anilines is 1. The summed E-state index contributed by atoms with van der Waals surface area (Å²) in [6, 6.07) is 3.85.